The van der Waals surface area contributed by atoms with Crippen LogP contribution in [0.2, 0.25) is 5.02 Å². The molecular weight excluding hydrogens is 519 g/mol. The third-order valence-electron chi connectivity index (χ3n) is 6.24. The van der Waals surface area contributed by atoms with Crippen molar-refractivity contribution in [1.29, 1.82) is 0 Å². The van der Waals surface area contributed by atoms with Gasteiger partial charge in [0, 0.05) is 42.2 Å². The highest BCUT2D eigenvalue weighted by Gasteiger charge is 2.21. The van der Waals surface area contributed by atoms with Gasteiger partial charge in [-0.25, -0.2) is 9.18 Å². The Labute approximate surface area is 233 Å². The summed E-state index contributed by atoms with van der Waals surface area (Å²) in [7, 11) is 2.83. The largest absolute Gasteiger partial charge is 0.465 e. The van der Waals surface area contributed by atoms with E-state index in [-0.39, 0.29) is 31.9 Å². The number of methoxy groups -OCH3 is 1. The maximum Gasteiger partial charge on any atom is 0.340 e. The van der Waals surface area contributed by atoms with E-state index in [9.17, 15) is 19.2 Å². The van der Waals surface area contributed by atoms with Crippen molar-refractivity contribution < 1.29 is 19.1 Å². The highest BCUT2D eigenvalue weighted by molar-refractivity contribution is 6.31. The minimum atomic E-state index is -0.734. The number of esters is 1. The molecule has 0 amide bonds. The summed E-state index contributed by atoms with van der Waals surface area (Å²) in [6.45, 7) is 0. The third kappa shape index (κ3) is 6.81. The lowest BCUT2D eigenvalue weighted by molar-refractivity contribution is 0.0595. The SMILES string of the molecule is C.C.COC(=O)c1ccc(-c2ccc(C(C/C(=N\O)c3ccc(=O)n(C)c3)c3ccccc3Cl)cc2)cc1F. The fraction of sp³-hybridized carbons (Fsp3) is 0.194. The predicted molar refractivity (Wildman–Crippen MR) is 155 cm³/mol. The molecule has 0 aliphatic heterocycles. The van der Waals surface area contributed by atoms with E-state index in [1.807, 2.05) is 42.5 Å². The summed E-state index contributed by atoms with van der Waals surface area (Å²) in [6, 6.07) is 22.4. The summed E-state index contributed by atoms with van der Waals surface area (Å²) in [5.74, 6) is -1.67. The van der Waals surface area contributed by atoms with E-state index in [2.05, 4.69) is 9.89 Å². The van der Waals surface area contributed by atoms with Gasteiger partial charge in [-0.2, -0.15) is 0 Å². The van der Waals surface area contributed by atoms with Crippen LogP contribution in [-0.2, 0) is 11.8 Å². The van der Waals surface area contributed by atoms with Gasteiger partial charge in [-0.15, -0.1) is 0 Å². The van der Waals surface area contributed by atoms with Gasteiger partial charge >= 0.3 is 5.97 Å². The van der Waals surface area contributed by atoms with E-state index >= 15 is 0 Å². The number of aromatic nitrogens is 1. The molecule has 1 heterocycles. The third-order valence-corrected chi connectivity index (χ3v) is 6.58. The summed E-state index contributed by atoms with van der Waals surface area (Å²) in [5, 5.41) is 13.9. The van der Waals surface area contributed by atoms with Crippen molar-refractivity contribution in [2.24, 2.45) is 12.2 Å². The fourth-order valence-corrected chi connectivity index (χ4v) is 4.48. The molecule has 1 unspecified atom stereocenters. The Morgan fingerprint density at radius 2 is 1.69 bits per heavy atom. The van der Waals surface area contributed by atoms with Crippen molar-refractivity contribution in [3.8, 4) is 11.1 Å². The number of hydrogen-bond acceptors (Lipinski definition) is 5. The lowest BCUT2D eigenvalue weighted by atomic mass is 9.85. The monoisotopic (exact) mass is 550 g/mol. The summed E-state index contributed by atoms with van der Waals surface area (Å²) >= 11 is 6.56. The predicted octanol–water partition coefficient (Wildman–Crippen LogP) is 7.30. The van der Waals surface area contributed by atoms with Crippen LogP contribution in [0.4, 0.5) is 4.39 Å². The molecule has 4 aromatic rings. The standard InChI is InChI=1S/C29H24ClFN2O4.2CH4/c1-33-17-21(12-14-28(33)34)27(32-36)16-24(22-5-3-4-6-25(22)30)19-9-7-18(8-10-19)20-11-13-23(26(31)15-20)29(35)37-2;;/h3-15,17,24,36H,16H2,1-2H3;2*1H4/b32-27+;;. The zero-order valence-electron chi connectivity index (χ0n) is 20.2. The van der Waals surface area contributed by atoms with Gasteiger partial charge in [0.2, 0.25) is 5.56 Å². The zero-order valence-corrected chi connectivity index (χ0v) is 20.9. The van der Waals surface area contributed by atoms with Gasteiger partial charge < -0.3 is 14.5 Å². The lowest BCUT2D eigenvalue weighted by Crippen LogP contribution is -2.18. The molecule has 8 heteroatoms. The second kappa shape index (κ2) is 13.5. The molecule has 0 saturated heterocycles. The molecule has 1 N–H and O–H groups in total. The summed E-state index contributed by atoms with van der Waals surface area (Å²) < 4.78 is 20.5. The number of pyridine rings is 1. The van der Waals surface area contributed by atoms with Gasteiger partial charge in [0.25, 0.3) is 0 Å². The molecule has 0 bridgehead atoms. The van der Waals surface area contributed by atoms with Crippen molar-refractivity contribution in [2.75, 3.05) is 7.11 Å². The van der Waals surface area contributed by atoms with Crippen molar-refractivity contribution in [1.82, 2.24) is 4.57 Å². The first-order chi connectivity index (χ1) is 17.8. The number of aryl methyl sites for hydroxylation is 1. The smallest absolute Gasteiger partial charge is 0.340 e. The van der Waals surface area contributed by atoms with Gasteiger partial charge in [0.05, 0.1) is 18.4 Å². The Morgan fingerprint density at radius 1 is 1.03 bits per heavy atom. The van der Waals surface area contributed by atoms with Crippen molar-refractivity contribution >= 4 is 23.3 Å². The van der Waals surface area contributed by atoms with Gasteiger partial charge in [-0.05, 0) is 46.5 Å². The molecule has 4 rings (SSSR count). The molecule has 1 atom stereocenters. The Hall–Kier alpha value is -4.23. The molecule has 0 aliphatic rings. The van der Waals surface area contributed by atoms with E-state index in [1.54, 1.807) is 31.4 Å². The van der Waals surface area contributed by atoms with Gasteiger partial charge in [-0.1, -0.05) is 80.1 Å². The van der Waals surface area contributed by atoms with Crippen LogP contribution < -0.4 is 5.56 Å². The number of benzene rings is 3. The maximum absolute atomic E-state index is 14.5. The van der Waals surface area contributed by atoms with Crippen LogP contribution in [0.5, 0.6) is 0 Å². The fourth-order valence-electron chi connectivity index (χ4n) is 4.22. The number of ether oxygens (including phenoxy) is 1. The van der Waals surface area contributed by atoms with Gasteiger partial charge in [-0.3, -0.25) is 4.79 Å². The van der Waals surface area contributed by atoms with Crippen LogP contribution in [-0.4, -0.2) is 28.6 Å². The minimum Gasteiger partial charge on any atom is -0.465 e. The molecule has 0 fully saturated rings. The molecular formula is C31H32ClFN2O4. The number of carbonyl (C=O) groups is 1. The summed E-state index contributed by atoms with van der Waals surface area (Å²) in [4.78, 5) is 23.5. The van der Waals surface area contributed by atoms with Crippen molar-refractivity contribution in [3.05, 3.63) is 129 Å². The molecule has 0 saturated carbocycles. The Morgan fingerprint density at radius 3 is 2.28 bits per heavy atom. The lowest BCUT2D eigenvalue weighted by Gasteiger charge is -2.21. The van der Waals surface area contributed by atoms with Crippen LogP contribution in [0, 0.1) is 5.82 Å². The number of hydrogen-bond donors (Lipinski definition) is 1. The second-order valence-electron chi connectivity index (χ2n) is 8.50. The van der Waals surface area contributed by atoms with Crippen LogP contribution in [0.3, 0.4) is 0 Å². The van der Waals surface area contributed by atoms with Crippen LogP contribution in [0.1, 0.15) is 54.2 Å². The van der Waals surface area contributed by atoms with Crippen LogP contribution in [0.25, 0.3) is 11.1 Å². The van der Waals surface area contributed by atoms with Crippen LogP contribution in [0.15, 0.2) is 95.0 Å². The van der Waals surface area contributed by atoms with E-state index in [1.165, 1.54) is 29.9 Å². The number of rotatable bonds is 7. The molecule has 0 aliphatic carbocycles. The van der Waals surface area contributed by atoms with E-state index in [4.69, 9.17) is 11.6 Å². The first-order valence-electron chi connectivity index (χ1n) is 11.4. The van der Waals surface area contributed by atoms with Crippen LogP contribution >= 0.6 is 11.6 Å². The first kappa shape index (κ1) is 31.0. The Kier molecular flexibility index (Phi) is 10.8. The highest BCUT2D eigenvalue weighted by atomic mass is 35.5. The topological polar surface area (TPSA) is 80.9 Å². The maximum atomic E-state index is 14.5. The quantitative estimate of drug-likeness (QED) is 0.113. The average Bonchev–Trinajstić information content (AvgIpc) is 2.91. The normalized spacial score (nSPS) is 11.6. The van der Waals surface area contributed by atoms with Gasteiger partial charge in [0.1, 0.15) is 5.82 Å². The zero-order chi connectivity index (χ0) is 26.5. The number of oxime groups is 1. The van der Waals surface area contributed by atoms with E-state index in [0.29, 0.717) is 28.3 Å². The minimum absolute atomic E-state index is 0. The highest BCUT2D eigenvalue weighted by Crippen LogP contribution is 2.35. The Bertz CT molecular complexity index is 1530. The second-order valence-corrected chi connectivity index (χ2v) is 8.91. The van der Waals surface area contributed by atoms with Crippen molar-refractivity contribution in [3.63, 3.8) is 0 Å². The summed E-state index contributed by atoms with van der Waals surface area (Å²) in [5.41, 5.74) is 3.81. The average molecular weight is 551 g/mol. The number of halogens is 2. The molecule has 6 nitrogen and oxygen atoms in total. The van der Waals surface area contributed by atoms with E-state index in [0.717, 1.165) is 16.7 Å². The summed E-state index contributed by atoms with van der Waals surface area (Å²) in [6.07, 6.45) is 1.93. The van der Waals surface area contributed by atoms with Crippen molar-refractivity contribution in [2.45, 2.75) is 27.2 Å². The molecule has 0 spiro atoms. The number of carbonyl (C=O) groups excluding carboxylic acids is 1. The van der Waals surface area contributed by atoms with Gasteiger partial charge in [0.15, 0.2) is 0 Å². The molecule has 1 aromatic heterocycles. The van der Waals surface area contributed by atoms with E-state index < -0.39 is 11.8 Å². The first-order valence-corrected chi connectivity index (χ1v) is 11.8. The molecule has 39 heavy (non-hydrogen) atoms. The Balaban J connectivity index is 0.00000267. The molecule has 0 radical (unpaired) electrons. The number of nitrogens with zero attached hydrogens (tertiary/aromatic N) is 2. The molecule has 204 valence electrons. The molecule has 3 aromatic carbocycles.